The van der Waals surface area contributed by atoms with Crippen LogP contribution in [-0.4, -0.2) is 45.7 Å². The van der Waals surface area contributed by atoms with Crippen molar-refractivity contribution >= 4 is 5.97 Å². The molecule has 5 atom stereocenters. The maximum Gasteiger partial charge on any atom is 0.333 e. The molecule has 0 aromatic rings. The molecule has 3 N–H and O–H groups in total. The lowest BCUT2D eigenvalue weighted by Crippen LogP contribution is -2.62. The van der Waals surface area contributed by atoms with Crippen LogP contribution in [0.4, 0.5) is 0 Å². The van der Waals surface area contributed by atoms with Crippen LogP contribution in [0.3, 0.4) is 0 Å². The number of aliphatic hydroxyl groups excluding tert-OH is 2. The molecule has 1 rings (SSSR count). The SMILES string of the molecule is CC(C)(C)[C@@H]1OC(C(=O)O)[C@@H](C(C)(C)C)[C@@H](O)C1O. The maximum absolute atomic E-state index is 11.4. The molecule has 1 heterocycles. The van der Waals surface area contributed by atoms with Crippen molar-refractivity contribution < 1.29 is 24.9 Å². The molecule has 112 valence electrons. The van der Waals surface area contributed by atoms with E-state index in [4.69, 9.17) is 4.74 Å². The van der Waals surface area contributed by atoms with Gasteiger partial charge in [0.05, 0.1) is 12.2 Å². The second-order valence-electron chi connectivity index (χ2n) is 7.55. The third-order valence-corrected chi connectivity index (χ3v) is 3.74. The molecular weight excluding hydrogens is 248 g/mol. The Morgan fingerprint density at radius 2 is 1.42 bits per heavy atom. The number of hydrogen-bond acceptors (Lipinski definition) is 4. The third-order valence-electron chi connectivity index (χ3n) is 3.74. The van der Waals surface area contributed by atoms with Gasteiger partial charge < -0.3 is 20.1 Å². The summed E-state index contributed by atoms with van der Waals surface area (Å²) in [6.45, 7) is 11.1. The van der Waals surface area contributed by atoms with E-state index in [2.05, 4.69) is 0 Å². The van der Waals surface area contributed by atoms with Crippen molar-refractivity contribution in [1.29, 1.82) is 0 Å². The highest BCUT2D eigenvalue weighted by molar-refractivity contribution is 5.73. The highest BCUT2D eigenvalue weighted by Crippen LogP contribution is 2.42. The van der Waals surface area contributed by atoms with Crippen LogP contribution in [0.1, 0.15) is 41.5 Å². The van der Waals surface area contributed by atoms with Crippen LogP contribution in [0.5, 0.6) is 0 Å². The molecule has 5 heteroatoms. The first kappa shape index (κ1) is 16.4. The Hall–Kier alpha value is -0.650. The van der Waals surface area contributed by atoms with E-state index >= 15 is 0 Å². The lowest BCUT2D eigenvalue weighted by atomic mass is 9.68. The molecule has 19 heavy (non-hydrogen) atoms. The molecule has 0 saturated carbocycles. The molecule has 0 spiro atoms. The number of ether oxygens (including phenoxy) is 1. The molecular formula is C14H26O5. The summed E-state index contributed by atoms with van der Waals surface area (Å²) >= 11 is 0. The average Bonchev–Trinajstić information content (AvgIpc) is 2.17. The van der Waals surface area contributed by atoms with E-state index in [9.17, 15) is 20.1 Å². The van der Waals surface area contributed by atoms with Crippen molar-refractivity contribution in [3.05, 3.63) is 0 Å². The summed E-state index contributed by atoms with van der Waals surface area (Å²) in [6, 6.07) is 0. The molecule has 1 fully saturated rings. The van der Waals surface area contributed by atoms with Gasteiger partial charge >= 0.3 is 5.97 Å². The van der Waals surface area contributed by atoms with Gasteiger partial charge in [0.15, 0.2) is 6.10 Å². The van der Waals surface area contributed by atoms with Crippen LogP contribution >= 0.6 is 0 Å². The molecule has 0 radical (unpaired) electrons. The fourth-order valence-electron chi connectivity index (χ4n) is 2.79. The molecule has 5 nitrogen and oxygen atoms in total. The summed E-state index contributed by atoms with van der Waals surface area (Å²) in [5, 5.41) is 29.9. The third kappa shape index (κ3) is 3.27. The summed E-state index contributed by atoms with van der Waals surface area (Å²) in [4.78, 5) is 11.4. The van der Waals surface area contributed by atoms with Gasteiger partial charge in [-0.3, -0.25) is 0 Å². The van der Waals surface area contributed by atoms with Gasteiger partial charge in [-0.05, 0) is 10.8 Å². The molecule has 0 bridgehead atoms. The smallest absolute Gasteiger partial charge is 0.333 e. The van der Waals surface area contributed by atoms with Crippen molar-refractivity contribution in [2.24, 2.45) is 16.7 Å². The van der Waals surface area contributed by atoms with Crippen molar-refractivity contribution in [1.82, 2.24) is 0 Å². The number of rotatable bonds is 1. The molecule has 1 aliphatic rings. The predicted molar refractivity (Wildman–Crippen MR) is 70.7 cm³/mol. The highest BCUT2D eigenvalue weighted by Gasteiger charge is 2.54. The number of carbonyl (C=O) groups is 1. The van der Waals surface area contributed by atoms with E-state index in [-0.39, 0.29) is 0 Å². The van der Waals surface area contributed by atoms with Crippen LogP contribution in [-0.2, 0) is 9.53 Å². The number of hydrogen-bond donors (Lipinski definition) is 3. The van der Waals surface area contributed by atoms with Gasteiger partial charge in [-0.1, -0.05) is 41.5 Å². The zero-order chi connectivity index (χ0) is 15.2. The standard InChI is InChI=1S/C14H26O5/c1-13(2,3)7-8(15)9(16)11(14(4,5)6)19-10(7)12(17)18/h7-11,15-16H,1-6H3,(H,17,18)/t7-,8+,9?,10?,11+/m0/s1. The summed E-state index contributed by atoms with van der Waals surface area (Å²) in [7, 11) is 0. The lowest BCUT2D eigenvalue weighted by Gasteiger charge is -2.50. The lowest BCUT2D eigenvalue weighted by molar-refractivity contribution is -0.245. The van der Waals surface area contributed by atoms with E-state index in [1.165, 1.54) is 0 Å². The Balaban J connectivity index is 3.15. The first-order valence-electron chi connectivity index (χ1n) is 6.61. The van der Waals surface area contributed by atoms with Crippen molar-refractivity contribution in [2.45, 2.75) is 66.0 Å². The summed E-state index contributed by atoms with van der Waals surface area (Å²) in [5.74, 6) is -1.75. The van der Waals surface area contributed by atoms with Crippen LogP contribution in [0, 0.1) is 16.7 Å². The van der Waals surface area contributed by atoms with Gasteiger partial charge in [0.1, 0.15) is 6.10 Å². The predicted octanol–water partition coefficient (Wildman–Crippen LogP) is 1.27. The molecule has 1 saturated heterocycles. The second kappa shape index (κ2) is 5.04. The van der Waals surface area contributed by atoms with Crippen LogP contribution in [0.2, 0.25) is 0 Å². The fraction of sp³-hybridized carbons (Fsp3) is 0.929. The van der Waals surface area contributed by atoms with E-state index in [0.29, 0.717) is 0 Å². The van der Waals surface area contributed by atoms with Gasteiger partial charge in [0.2, 0.25) is 0 Å². The molecule has 1 aliphatic heterocycles. The van der Waals surface area contributed by atoms with E-state index in [0.717, 1.165) is 0 Å². The summed E-state index contributed by atoms with van der Waals surface area (Å²) in [6.07, 6.45) is -4.01. The van der Waals surface area contributed by atoms with Crippen molar-refractivity contribution in [3.63, 3.8) is 0 Å². The minimum atomic E-state index is -1.11. The minimum absolute atomic E-state index is 0.447. The monoisotopic (exact) mass is 274 g/mol. The highest BCUT2D eigenvalue weighted by atomic mass is 16.5. The Morgan fingerprint density at radius 1 is 0.947 bits per heavy atom. The van der Waals surface area contributed by atoms with Crippen LogP contribution in [0.25, 0.3) is 0 Å². The number of carboxylic acid groups (broad SMARTS) is 1. The number of carboxylic acids is 1. The topological polar surface area (TPSA) is 87.0 Å². The van der Waals surface area contributed by atoms with Gasteiger partial charge in [0, 0.05) is 5.92 Å². The number of aliphatic carboxylic acids is 1. The minimum Gasteiger partial charge on any atom is -0.479 e. The number of aliphatic hydroxyl groups is 2. The first-order chi connectivity index (χ1) is 8.37. The van der Waals surface area contributed by atoms with Gasteiger partial charge in [-0.15, -0.1) is 0 Å². The molecule has 0 aromatic carbocycles. The Kier molecular flexibility index (Phi) is 4.35. The fourth-order valence-corrected chi connectivity index (χ4v) is 2.79. The normalized spacial score (nSPS) is 37.2. The molecule has 0 aliphatic carbocycles. The Bertz CT molecular complexity index is 339. The maximum atomic E-state index is 11.4. The van der Waals surface area contributed by atoms with Gasteiger partial charge in [0.25, 0.3) is 0 Å². The zero-order valence-electron chi connectivity index (χ0n) is 12.5. The summed E-state index contributed by atoms with van der Waals surface area (Å²) in [5.41, 5.74) is -0.927. The van der Waals surface area contributed by atoms with E-state index < -0.39 is 47.1 Å². The van der Waals surface area contributed by atoms with Gasteiger partial charge in [-0.25, -0.2) is 4.79 Å². The van der Waals surface area contributed by atoms with Crippen LogP contribution < -0.4 is 0 Å². The molecule has 0 aromatic heterocycles. The quantitative estimate of drug-likeness (QED) is 0.670. The van der Waals surface area contributed by atoms with Gasteiger partial charge in [-0.2, -0.15) is 0 Å². The Morgan fingerprint density at radius 3 is 1.74 bits per heavy atom. The molecule has 2 unspecified atom stereocenters. The van der Waals surface area contributed by atoms with Crippen LogP contribution in [0.15, 0.2) is 0 Å². The van der Waals surface area contributed by atoms with E-state index in [1.54, 1.807) is 0 Å². The zero-order valence-corrected chi connectivity index (χ0v) is 12.5. The van der Waals surface area contributed by atoms with E-state index in [1.807, 2.05) is 41.5 Å². The molecule has 0 amide bonds. The van der Waals surface area contributed by atoms with Crippen molar-refractivity contribution in [3.8, 4) is 0 Å². The first-order valence-corrected chi connectivity index (χ1v) is 6.61. The van der Waals surface area contributed by atoms with Crippen molar-refractivity contribution in [2.75, 3.05) is 0 Å². The Labute approximate surface area is 114 Å². The average molecular weight is 274 g/mol. The second-order valence-corrected chi connectivity index (χ2v) is 7.55. The summed E-state index contributed by atoms with van der Waals surface area (Å²) < 4.78 is 5.62. The largest absolute Gasteiger partial charge is 0.479 e.